The van der Waals surface area contributed by atoms with Crippen molar-refractivity contribution in [1.82, 2.24) is 19.5 Å². The van der Waals surface area contributed by atoms with Crippen LogP contribution in [0.5, 0.6) is 5.75 Å². The Bertz CT molecular complexity index is 2750. The summed E-state index contributed by atoms with van der Waals surface area (Å²) in [5.74, 6) is 0.884. The molecular weight excluding hydrogens is 880 g/mol. The van der Waals surface area contributed by atoms with Gasteiger partial charge < -0.3 is 9.67 Å². The molecule has 0 aliphatic rings. The first kappa shape index (κ1) is 39.8. The van der Waals surface area contributed by atoms with Gasteiger partial charge in [0.2, 0.25) is 0 Å². The Kier molecular flexibility index (Phi) is 10.4. The second kappa shape index (κ2) is 14.8. The van der Waals surface area contributed by atoms with E-state index >= 15 is 0 Å². The molecule has 57 heavy (non-hydrogen) atoms. The summed E-state index contributed by atoms with van der Waals surface area (Å²) in [4.78, 5) is 15.3. The molecule has 0 spiro atoms. The molecule has 0 amide bonds. The third kappa shape index (κ3) is 7.58. The Balaban J connectivity index is 0.00000496. The van der Waals surface area contributed by atoms with E-state index in [9.17, 15) is 5.11 Å². The second-order valence-corrected chi connectivity index (χ2v) is 17.9. The van der Waals surface area contributed by atoms with Crippen molar-refractivity contribution in [3.8, 4) is 56.3 Å². The molecule has 0 saturated carbocycles. The van der Waals surface area contributed by atoms with Crippen LogP contribution in [0, 0.1) is 6.07 Å². The van der Waals surface area contributed by atoms with Gasteiger partial charge in [-0.1, -0.05) is 134 Å². The number of phenols is 1. The first-order chi connectivity index (χ1) is 26.6. The van der Waals surface area contributed by atoms with Gasteiger partial charge in [-0.25, -0.2) is 0 Å². The summed E-state index contributed by atoms with van der Waals surface area (Å²) in [6.07, 6.45) is 3.74. The van der Waals surface area contributed by atoms with Crippen LogP contribution in [0.2, 0.25) is 0 Å². The number of fused-ring (bicyclic) bond motifs is 2. The van der Waals surface area contributed by atoms with Crippen LogP contribution in [0.4, 0.5) is 0 Å². The number of nitrogens with zero attached hydrogens (tertiary/aromatic N) is 4. The molecule has 5 nitrogen and oxygen atoms in total. The van der Waals surface area contributed by atoms with Crippen molar-refractivity contribution in [3.05, 3.63) is 150 Å². The van der Waals surface area contributed by atoms with Gasteiger partial charge in [-0.15, -0.1) is 29.8 Å². The minimum absolute atomic E-state index is 0. The van der Waals surface area contributed by atoms with Crippen molar-refractivity contribution >= 4 is 21.9 Å². The van der Waals surface area contributed by atoms with Crippen LogP contribution in [0.15, 0.2) is 128 Å². The first-order valence-corrected chi connectivity index (χ1v) is 19.4. The van der Waals surface area contributed by atoms with E-state index < -0.39 is 0 Å². The van der Waals surface area contributed by atoms with Gasteiger partial charge in [-0.05, 0) is 85.8 Å². The SMILES string of the molecule is CC(C)(C)c1ccc(-n2c(-c3[c-]c(-c4cc(C(C)(C)C)cc5c(C(C)(C)C)ccnc45)ccc3)nc3c(-c4cc(-c5ccccc5)ccc4O)nccc32)cc1.[Pt]. The van der Waals surface area contributed by atoms with E-state index in [4.69, 9.17) is 15.0 Å². The van der Waals surface area contributed by atoms with E-state index in [1.807, 2.05) is 42.6 Å². The third-order valence-electron chi connectivity index (χ3n) is 10.8. The molecule has 290 valence electrons. The summed E-state index contributed by atoms with van der Waals surface area (Å²) in [6, 6.07) is 43.5. The number of aromatic hydroxyl groups is 1. The Morgan fingerprint density at radius 2 is 1.25 bits per heavy atom. The van der Waals surface area contributed by atoms with Gasteiger partial charge in [0.1, 0.15) is 17.0 Å². The van der Waals surface area contributed by atoms with E-state index in [2.05, 4.69) is 146 Å². The Morgan fingerprint density at radius 3 is 1.93 bits per heavy atom. The molecular formula is C51H49N4OPt-. The number of rotatable bonds is 5. The van der Waals surface area contributed by atoms with Gasteiger partial charge in [0.15, 0.2) is 0 Å². The van der Waals surface area contributed by atoms with Crippen LogP contribution in [-0.4, -0.2) is 24.6 Å². The average molecular weight is 929 g/mol. The Hall–Kier alpha value is -5.38. The number of phenolic OH excluding ortho intramolecular Hbond substituents is 1. The van der Waals surface area contributed by atoms with Crippen molar-refractivity contribution in [2.45, 2.75) is 78.6 Å². The average Bonchev–Trinajstić information content (AvgIpc) is 3.57. The fourth-order valence-electron chi connectivity index (χ4n) is 7.59. The maximum Gasteiger partial charge on any atom is 0.125 e. The van der Waals surface area contributed by atoms with E-state index in [1.165, 1.54) is 22.1 Å². The topological polar surface area (TPSA) is 63.8 Å². The quantitative estimate of drug-likeness (QED) is 0.175. The molecule has 8 rings (SSSR count). The molecule has 0 atom stereocenters. The van der Waals surface area contributed by atoms with Crippen molar-refractivity contribution in [2.75, 3.05) is 0 Å². The Labute approximate surface area is 351 Å². The second-order valence-electron chi connectivity index (χ2n) is 17.9. The Morgan fingerprint density at radius 1 is 0.561 bits per heavy atom. The van der Waals surface area contributed by atoms with Gasteiger partial charge in [-0.3, -0.25) is 15.0 Å². The molecule has 3 aromatic heterocycles. The first-order valence-electron chi connectivity index (χ1n) is 19.4. The molecule has 1 N–H and O–H groups in total. The predicted molar refractivity (Wildman–Crippen MR) is 233 cm³/mol. The number of imidazole rings is 1. The zero-order valence-corrected chi connectivity index (χ0v) is 36.4. The van der Waals surface area contributed by atoms with E-state index in [-0.39, 0.29) is 43.1 Å². The van der Waals surface area contributed by atoms with Crippen LogP contribution in [-0.2, 0) is 37.3 Å². The number of pyridine rings is 2. The minimum Gasteiger partial charge on any atom is -0.507 e. The van der Waals surface area contributed by atoms with Crippen molar-refractivity contribution in [2.24, 2.45) is 0 Å². The summed E-state index contributed by atoms with van der Waals surface area (Å²) < 4.78 is 2.19. The number of hydrogen-bond donors (Lipinski definition) is 1. The molecule has 0 aliphatic heterocycles. The van der Waals surface area contributed by atoms with Crippen molar-refractivity contribution in [1.29, 1.82) is 0 Å². The molecule has 0 bridgehead atoms. The molecule has 0 aliphatic carbocycles. The fourth-order valence-corrected chi connectivity index (χ4v) is 7.59. The molecule has 3 heterocycles. The minimum atomic E-state index is -0.0779. The number of aromatic nitrogens is 4. The maximum atomic E-state index is 11.3. The zero-order valence-electron chi connectivity index (χ0n) is 34.2. The van der Waals surface area contributed by atoms with Crippen LogP contribution < -0.4 is 0 Å². The van der Waals surface area contributed by atoms with Crippen molar-refractivity contribution in [3.63, 3.8) is 0 Å². The monoisotopic (exact) mass is 928 g/mol. The predicted octanol–water partition coefficient (Wildman–Crippen LogP) is 13.0. The molecule has 8 aromatic rings. The smallest absolute Gasteiger partial charge is 0.125 e. The van der Waals surface area contributed by atoms with Crippen LogP contribution >= 0.6 is 0 Å². The van der Waals surface area contributed by atoms with Gasteiger partial charge in [-0.2, -0.15) is 0 Å². The molecule has 5 aromatic carbocycles. The van der Waals surface area contributed by atoms with Crippen LogP contribution in [0.1, 0.15) is 79.0 Å². The largest absolute Gasteiger partial charge is 0.507 e. The number of benzene rings is 5. The van der Waals surface area contributed by atoms with Crippen LogP contribution in [0.25, 0.3) is 72.5 Å². The molecule has 0 unspecified atom stereocenters. The normalized spacial score (nSPS) is 12.2. The van der Waals surface area contributed by atoms with E-state index in [0.29, 0.717) is 16.8 Å². The fraction of sp³-hybridized carbons (Fsp3) is 0.235. The summed E-state index contributed by atoms with van der Waals surface area (Å²) in [6.45, 7) is 20.3. The molecule has 6 heteroatoms. The van der Waals surface area contributed by atoms with Gasteiger partial charge in [0, 0.05) is 50.2 Å². The van der Waals surface area contributed by atoms with Crippen LogP contribution in [0.3, 0.4) is 0 Å². The summed E-state index contributed by atoms with van der Waals surface area (Å²) >= 11 is 0. The van der Waals surface area contributed by atoms with E-state index in [0.717, 1.165) is 50.4 Å². The van der Waals surface area contributed by atoms with Gasteiger partial charge in [0.25, 0.3) is 0 Å². The zero-order chi connectivity index (χ0) is 39.6. The summed E-state index contributed by atoms with van der Waals surface area (Å²) in [7, 11) is 0. The number of hydrogen-bond acceptors (Lipinski definition) is 4. The van der Waals surface area contributed by atoms with E-state index in [1.54, 1.807) is 12.3 Å². The maximum absolute atomic E-state index is 11.3. The standard InChI is InChI=1S/C51H49N4O.Pt/c1-49(2,3)36-19-21-38(22-20-36)55-43-25-27-53-46(41-29-33(18-23-44(41)56)32-14-11-10-12-15-32)47(43)54-48(55)35-17-13-16-34(28-35)39-30-37(50(4,5)6)31-40-42(51(7,8)9)24-26-52-45(39)40;/h10-27,29-31,56H,1-9H3;/q-1;. The summed E-state index contributed by atoms with van der Waals surface area (Å²) in [5.41, 5.74) is 13.3. The molecule has 0 saturated heterocycles. The summed E-state index contributed by atoms with van der Waals surface area (Å²) in [5, 5.41) is 12.5. The van der Waals surface area contributed by atoms with Gasteiger partial charge >= 0.3 is 0 Å². The van der Waals surface area contributed by atoms with Gasteiger partial charge in [0.05, 0.1) is 11.3 Å². The molecule has 0 radical (unpaired) electrons. The third-order valence-corrected chi connectivity index (χ3v) is 10.8. The molecule has 0 fully saturated rings. The van der Waals surface area contributed by atoms with Crippen molar-refractivity contribution < 1.29 is 26.2 Å².